The molecule has 6 heterocycles. The van der Waals surface area contributed by atoms with Crippen LogP contribution in [0.15, 0.2) is 42.5 Å². The Labute approximate surface area is 334 Å². The third-order valence-corrected chi connectivity index (χ3v) is 11.4. The highest BCUT2D eigenvalue weighted by atomic mass is 19.1. The first kappa shape index (κ1) is 39.2. The Bertz CT molecular complexity index is 2020. The van der Waals surface area contributed by atoms with E-state index >= 15 is 4.39 Å². The fourth-order valence-corrected chi connectivity index (χ4v) is 8.63. The number of aryl methyl sites for hydroxylation is 1. The number of rotatable bonds is 13. The normalized spacial score (nSPS) is 23.3. The summed E-state index contributed by atoms with van der Waals surface area (Å²) in [6, 6.07) is 10.2. The molecular formula is C43H57FN9O4+. The lowest BCUT2D eigenvalue weighted by molar-refractivity contribution is -0.637. The summed E-state index contributed by atoms with van der Waals surface area (Å²) < 4.78 is 35.4. The molecule has 3 aromatic rings. The fourth-order valence-electron chi connectivity index (χ4n) is 8.63. The molecule has 8 rings (SSSR count). The molecule has 7 N–H and O–H groups in total. The zero-order chi connectivity index (χ0) is 39.3. The van der Waals surface area contributed by atoms with Gasteiger partial charge in [0, 0.05) is 96.8 Å². The number of methoxy groups -OCH3 is 1. The smallest absolute Gasteiger partial charge is 0.335 e. The number of nitrogens with one attached hydrogen (secondary N) is 7. The lowest BCUT2D eigenvalue weighted by atomic mass is 9.96. The highest BCUT2D eigenvalue weighted by molar-refractivity contribution is 5.79. The Balaban J connectivity index is 0.988. The highest BCUT2D eigenvalue weighted by Crippen LogP contribution is 2.43. The molecule has 0 aliphatic carbocycles. The van der Waals surface area contributed by atoms with Gasteiger partial charge in [0.05, 0.1) is 35.8 Å². The van der Waals surface area contributed by atoms with Crippen molar-refractivity contribution >= 4 is 34.0 Å². The van der Waals surface area contributed by atoms with Crippen LogP contribution >= 0.6 is 0 Å². The molecule has 1 aromatic heterocycles. The summed E-state index contributed by atoms with van der Waals surface area (Å²) >= 11 is 0. The molecule has 1 fully saturated rings. The van der Waals surface area contributed by atoms with E-state index in [1.54, 1.807) is 7.11 Å². The second-order valence-electron chi connectivity index (χ2n) is 15.8. The number of allylic oxidation sites excluding steroid dienone is 2. The monoisotopic (exact) mass is 782 g/mol. The van der Waals surface area contributed by atoms with Crippen molar-refractivity contribution in [2.75, 3.05) is 75.5 Å². The van der Waals surface area contributed by atoms with E-state index in [4.69, 9.17) is 19.2 Å². The quantitative estimate of drug-likeness (QED) is 0.0860. The van der Waals surface area contributed by atoms with Gasteiger partial charge >= 0.3 is 6.29 Å². The number of hydrogen-bond acceptors (Lipinski definition) is 12. The van der Waals surface area contributed by atoms with E-state index in [1.807, 2.05) is 25.1 Å². The number of nitroso groups, excluding NO2 is 1. The molecule has 2 aromatic carbocycles. The van der Waals surface area contributed by atoms with Gasteiger partial charge in [-0.2, -0.15) is 0 Å². The zero-order valence-corrected chi connectivity index (χ0v) is 33.4. The van der Waals surface area contributed by atoms with Crippen molar-refractivity contribution < 1.29 is 23.4 Å². The van der Waals surface area contributed by atoms with Crippen molar-refractivity contribution in [3.63, 3.8) is 0 Å². The average Bonchev–Trinajstić information content (AvgIpc) is 3.60. The lowest BCUT2D eigenvalue weighted by Crippen LogP contribution is -2.61. The van der Waals surface area contributed by atoms with Crippen molar-refractivity contribution in [1.29, 1.82) is 0 Å². The van der Waals surface area contributed by atoms with Crippen molar-refractivity contribution in [1.82, 2.24) is 26.3 Å². The van der Waals surface area contributed by atoms with Crippen LogP contribution in [0.1, 0.15) is 67.0 Å². The summed E-state index contributed by atoms with van der Waals surface area (Å²) in [5, 5.41) is 24.1. The van der Waals surface area contributed by atoms with Crippen molar-refractivity contribution in [3.05, 3.63) is 81.2 Å². The molecule has 304 valence electrons. The number of nitrogens with zero attached hydrogens (tertiary/aromatic N) is 2. The maximum absolute atomic E-state index is 16.4. The minimum atomic E-state index is -0.599. The maximum Gasteiger partial charge on any atom is 0.335 e. The second-order valence-corrected chi connectivity index (χ2v) is 15.8. The number of halogens is 1. The molecule has 14 heteroatoms. The van der Waals surface area contributed by atoms with Gasteiger partial charge in [-0.05, 0) is 88.0 Å². The molecule has 5 aliphatic rings. The molecule has 4 unspecified atom stereocenters. The van der Waals surface area contributed by atoms with Gasteiger partial charge in [-0.25, -0.2) is 14.7 Å². The first-order chi connectivity index (χ1) is 27.8. The summed E-state index contributed by atoms with van der Waals surface area (Å²) in [4.78, 5) is 18.2. The number of hydrogen-bond donors (Lipinski definition) is 7. The lowest BCUT2D eigenvalue weighted by Gasteiger charge is -2.28. The van der Waals surface area contributed by atoms with E-state index in [-0.39, 0.29) is 24.1 Å². The Hall–Kier alpha value is -4.60. The van der Waals surface area contributed by atoms with Crippen LogP contribution in [0, 0.1) is 17.6 Å². The maximum atomic E-state index is 16.4. The predicted octanol–water partition coefficient (Wildman–Crippen LogP) is 5.58. The minimum Gasteiger partial charge on any atom is -0.492 e. The predicted molar refractivity (Wildman–Crippen MR) is 223 cm³/mol. The molecule has 4 atom stereocenters. The van der Waals surface area contributed by atoms with Gasteiger partial charge in [0.1, 0.15) is 23.4 Å². The minimum absolute atomic E-state index is 0.124. The second kappa shape index (κ2) is 17.9. The Morgan fingerprint density at radius 1 is 0.982 bits per heavy atom. The van der Waals surface area contributed by atoms with Crippen LogP contribution in [0.3, 0.4) is 0 Å². The molecule has 0 amide bonds. The number of anilines is 4. The molecule has 0 spiro atoms. The van der Waals surface area contributed by atoms with Crippen LogP contribution in [0.5, 0.6) is 11.5 Å². The van der Waals surface area contributed by atoms with Crippen LogP contribution in [-0.2, 0) is 17.6 Å². The Kier molecular flexibility index (Phi) is 12.3. The third kappa shape index (κ3) is 9.10. The van der Waals surface area contributed by atoms with Gasteiger partial charge < -0.3 is 40.8 Å². The number of benzene rings is 2. The first-order valence-corrected chi connectivity index (χ1v) is 20.6. The van der Waals surface area contributed by atoms with Gasteiger partial charge in [-0.1, -0.05) is 12.2 Å². The largest absolute Gasteiger partial charge is 0.492 e. The van der Waals surface area contributed by atoms with E-state index < -0.39 is 6.29 Å². The van der Waals surface area contributed by atoms with Crippen LogP contribution in [-0.4, -0.2) is 93.9 Å². The molecule has 13 nitrogen and oxygen atoms in total. The van der Waals surface area contributed by atoms with E-state index in [2.05, 4.69) is 68.4 Å². The van der Waals surface area contributed by atoms with Gasteiger partial charge in [-0.3, -0.25) is 5.32 Å². The number of fused-ring (bicyclic) bond motifs is 2. The standard InChI is InChI=1S/C43H57FN9O4/c1-26-18-32(24-37(49-26)52-36-22-30-10-16-56-42(30)39(40(36)44)29-7-5-12-46-14-9-29)48-25-34-21-31-20-33(23-35(41(31)57-34)28-6-4-11-45-13-8-28)51-43-50-27(2)19-38(53(43)54)47-15-17-55-3/h8-9,18,20,22-24,27,34,38,43,45-47,50-51H,4-7,10-17,19,21,25H2,1-3H3,(H2,48,49,52)/q+1. The van der Waals surface area contributed by atoms with Crippen LogP contribution < -0.4 is 46.7 Å². The zero-order valence-electron chi connectivity index (χ0n) is 33.4. The summed E-state index contributed by atoms with van der Waals surface area (Å²) in [6.07, 6.45) is 9.16. The first-order valence-electron chi connectivity index (χ1n) is 20.6. The van der Waals surface area contributed by atoms with E-state index in [0.29, 0.717) is 68.5 Å². The van der Waals surface area contributed by atoms with Crippen LogP contribution in [0.2, 0.25) is 0 Å². The van der Waals surface area contributed by atoms with Crippen molar-refractivity contribution in [2.45, 2.75) is 83.4 Å². The number of aromatic nitrogens is 1. The summed E-state index contributed by atoms with van der Waals surface area (Å²) in [7, 11) is 1.66. The Morgan fingerprint density at radius 2 is 1.79 bits per heavy atom. The van der Waals surface area contributed by atoms with Crippen molar-refractivity contribution in [2.24, 2.45) is 0 Å². The Morgan fingerprint density at radius 3 is 2.61 bits per heavy atom. The molecule has 0 saturated carbocycles. The van der Waals surface area contributed by atoms with E-state index in [9.17, 15) is 4.91 Å². The van der Waals surface area contributed by atoms with Gasteiger partial charge in [0.2, 0.25) is 0 Å². The van der Waals surface area contributed by atoms with Crippen LogP contribution in [0.4, 0.5) is 27.3 Å². The van der Waals surface area contributed by atoms with E-state index in [1.165, 1.54) is 5.57 Å². The average molecular weight is 783 g/mol. The number of ether oxygens (including phenoxy) is 3. The molecular weight excluding hydrogens is 726 g/mol. The SMILES string of the molecule is COCCNC1CC(C)NC(Nc2cc3c(c(C4=CCNCCC4)c2)OC(CNc2cc(C)nc(Nc4cc5c(c(C6=CCNCCC6)c4F)OCC5)c2)C3)[N+]1=O. The molecule has 0 bridgehead atoms. The topological polar surface area (TPSA) is 145 Å². The van der Waals surface area contributed by atoms with Gasteiger partial charge in [-0.15, -0.1) is 0 Å². The molecule has 5 aliphatic heterocycles. The van der Waals surface area contributed by atoms with Crippen LogP contribution in [0.25, 0.3) is 11.1 Å². The number of pyridine rings is 1. The molecule has 0 radical (unpaired) electrons. The third-order valence-electron chi connectivity index (χ3n) is 11.4. The summed E-state index contributed by atoms with van der Waals surface area (Å²) in [5.41, 5.74) is 8.96. The summed E-state index contributed by atoms with van der Waals surface area (Å²) in [6.45, 7) is 9.69. The highest BCUT2D eigenvalue weighted by Gasteiger charge is 2.41. The summed E-state index contributed by atoms with van der Waals surface area (Å²) in [5.74, 6) is 1.84. The van der Waals surface area contributed by atoms with Gasteiger partial charge in [0.25, 0.3) is 6.17 Å². The molecule has 1 saturated heterocycles. The fraction of sp³-hybridized carbons (Fsp3) is 0.512. The molecule has 57 heavy (non-hydrogen) atoms. The van der Waals surface area contributed by atoms with E-state index in [0.717, 1.165) is 102 Å². The van der Waals surface area contributed by atoms with Crippen molar-refractivity contribution in [3.8, 4) is 11.5 Å². The van der Waals surface area contributed by atoms with Gasteiger partial charge in [0.15, 0.2) is 5.82 Å².